The number of hydrogen-bond donors (Lipinski definition) is 14. The lowest BCUT2D eigenvalue weighted by molar-refractivity contribution is -0.145. The van der Waals surface area contributed by atoms with Crippen LogP contribution in [0.4, 0.5) is 0 Å². The number of aryl methyl sites for hydroxylation is 1. The summed E-state index contributed by atoms with van der Waals surface area (Å²) in [6, 6.07) is -6.60. The Morgan fingerprint density at radius 1 is 0.602 bits per heavy atom. The number of primary amides is 1. The van der Waals surface area contributed by atoms with Gasteiger partial charge >= 0.3 is 11.9 Å². The summed E-state index contributed by atoms with van der Waals surface area (Å²) in [4.78, 5) is 198. The highest BCUT2D eigenvalue weighted by Crippen LogP contribution is 2.22. The number of nitrogens with zero attached hydrogens (tertiary/aromatic N) is 1. The van der Waals surface area contributed by atoms with Crippen LogP contribution in [0.2, 0.25) is 0 Å². The SMILES string of the molecule is CC[C@H](NC(=O)[C@@H](CCSC)NC(=O)CNC(=O)C(=O)[C@@H](NC(=O)[C@@H]1CCCN1C(=O)[C@@H](NC(=O)[C@@H](NC(=O)[C@H](CCC(=O)O)NC(=O)[C@H](CCC(=O)O)NC(C)=O)C(C)C)C(C)C)C(C)C)C(=O)N[C@@H](Cc1ccc(C)cc1)C(=O)N[C@@H](CO)C(N)=O. The number of carboxylic acids is 2. The molecule has 0 spiro atoms. The molecule has 0 aliphatic carbocycles. The third-order valence-corrected chi connectivity index (χ3v) is 14.8. The van der Waals surface area contributed by atoms with E-state index >= 15 is 0 Å². The van der Waals surface area contributed by atoms with E-state index in [-0.39, 0.29) is 38.6 Å². The molecular weight excluding hydrogens is 1170 g/mol. The Balaban J connectivity index is 2.21. The molecule has 490 valence electrons. The van der Waals surface area contributed by atoms with Crippen molar-refractivity contribution in [2.24, 2.45) is 23.5 Å². The number of carboxylic acid groups (broad SMARTS) is 2. The van der Waals surface area contributed by atoms with Crippen molar-refractivity contribution >= 4 is 100 Å². The molecule has 0 unspecified atom stereocenters. The number of hydrogen-bond acceptors (Lipinski definition) is 17. The molecule has 0 bridgehead atoms. The van der Waals surface area contributed by atoms with Gasteiger partial charge in [0.05, 0.1) is 19.2 Å². The van der Waals surface area contributed by atoms with Gasteiger partial charge in [0.1, 0.15) is 54.4 Å². The zero-order chi connectivity index (χ0) is 66.7. The van der Waals surface area contributed by atoms with Gasteiger partial charge in [-0.25, -0.2) is 0 Å². The quantitative estimate of drug-likeness (QED) is 0.0292. The number of ketones is 1. The van der Waals surface area contributed by atoms with Crippen molar-refractivity contribution in [2.75, 3.05) is 31.7 Å². The lowest BCUT2D eigenvalue weighted by Crippen LogP contribution is -2.61. The molecule has 1 aliphatic heterocycles. The van der Waals surface area contributed by atoms with E-state index in [1.165, 1.54) is 30.5 Å². The molecule has 0 aromatic heterocycles. The van der Waals surface area contributed by atoms with Crippen molar-refractivity contribution in [1.29, 1.82) is 0 Å². The first-order valence-corrected chi connectivity index (χ1v) is 30.4. The average Bonchev–Trinajstić information content (AvgIpc) is 4.17. The first-order valence-electron chi connectivity index (χ1n) is 29.0. The summed E-state index contributed by atoms with van der Waals surface area (Å²) in [5.41, 5.74) is 6.86. The van der Waals surface area contributed by atoms with Gasteiger partial charge in [-0.1, -0.05) is 78.3 Å². The molecule has 88 heavy (non-hydrogen) atoms. The molecule has 1 heterocycles. The number of rotatable bonds is 38. The second-order valence-electron chi connectivity index (χ2n) is 22.4. The fraction of sp³-hybridized carbons (Fsp3) is 0.632. The molecule has 1 saturated heterocycles. The number of benzene rings is 1. The third-order valence-electron chi connectivity index (χ3n) is 14.2. The van der Waals surface area contributed by atoms with E-state index in [1.54, 1.807) is 65.1 Å². The first-order chi connectivity index (χ1) is 41.3. The Labute approximate surface area is 515 Å². The zero-order valence-electron chi connectivity index (χ0n) is 51.4. The Hall–Kier alpha value is -8.22. The van der Waals surface area contributed by atoms with E-state index in [4.69, 9.17) is 10.8 Å². The van der Waals surface area contributed by atoms with Gasteiger partial charge in [0.15, 0.2) is 0 Å². The van der Waals surface area contributed by atoms with Crippen LogP contribution in [0, 0.1) is 24.7 Å². The number of amides is 12. The van der Waals surface area contributed by atoms with Gasteiger partial charge in [-0.15, -0.1) is 0 Å². The Bertz CT molecular complexity index is 2680. The fourth-order valence-corrected chi connectivity index (χ4v) is 9.56. The van der Waals surface area contributed by atoms with Crippen molar-refractivity contribution in [3.8, 4) is 0 Å². The lowest BCUT2D eigenvalue weighted by atomic mass is 9.97. The number of thioether (sulfide) groups is 1. The van der Waals surface area contributed by atoms with Gasteiger partial charge in [0, 0.05) is 32.7 Å². The van der Waals surface area contributed by atoms with Gasteiger partial charge in [0.2, 0.25) is 70.8 Å². The number of likely N-dealkylation sites (tertiary alicyclic amines) is 1. The van der Waals surface area contributed by atoms with Gasteiger partial charge in [0.25, 0.3) is 5.91 Å². The highest BCUT2D eigenvalue weighted by atomic mass is 32.2. The lowest BCUT2D eigenvalue weighted by Gasteiger charge is -2.33. The largest absolute Gasteiger partial charge is 0.481 e. The highest BCUT2D eigenvalue weighted by molar-refractivity contribution is 7.98. The number of carbonyl (C=O) groups is 15. The van der Waals surface area contributed by atoms with E-state index < -0.39 is 199 Å². The minimum Gasteiger partial charge on any atom is -0.481 e. The Morgan fingerprint density at radius 2 is 1.08 bits per heavy atom. The van der Waals surface area contributed by atoms with E-state index in [2.05, 4.69) is 53.2 Å². The maximum Gasteiger partial charge on any atom is 0.303 e. The number of aliphatic hydroxyl groups is 1. The monoisotopic (exact) mass is 1260 g/mol. The summed E-state index contributed by atoms with van der Waals surface area (Å²) in [5.74, 6) is -16.1. The van der Waals surface area contributed by atoms with Crippen LogP contribution in [0.15, 0.2) is 24.3 Å². The molecule has 1 aliphatic rings. The summed E-state index contributed by atoms with van der Waals surface area (Å²) in [5, 5.41) is 52.7. The maximum atomic E-state index is 14.4. The van der Waals surface area contributed by atoms with E-state index in [0.29, 0.717) is 17.7 Å². The molecule has 30 nitrogen and oxygen atoms in total. The van der Waals surface area contributed by atoms with Crippen molar-refractivity contribution < 1.29 is 87.2 Å². The highest BCUT2D eigenvalue weighted by Gasteiger charge is 2.42. The van der Waals surface area contributed by atoms with Crippen LogP contribution >= 0.6 is 11.8 Å². The molecule has 2 rings (SSSR count). The van der Waals surface area contributed by atoms with Gasteiger partial charge in [-0.3, -0.25) is 71.9 Å². The maximum absolute atomic E-state index is 14.4. The summed E-state index contributed by atoms with van der Waals surface area (Å²) < 4.78 is 0. The van der Waals surface area contributed by atoms with Crippen LogP contribution in [0.5, 0.6) is 0 Å². The summed E-state index contributed by atoms with van der Waals surface area (Å²) in [7, 11) is 0. The van der Waals surface area contributed by atoms with E-state index in [0.717, 1.165) is 12.5 Å². The molecule has 0 saturated carbocycles. The molecule has 1 fully saturated rings. The van der Waals surface area contributed by atoms with Crippen molar-refractivity contribution in [3.05, 3.63) is 35.4 Å². The number of aliphatic hydroxyl groups excluding tert-OH is 1. The molecule has 1 aromatic carbocycles. The van der Waals surface area contributed by atoms with Crippen molar-refractivity contribution in [3.63, 3.8) is 0 Å². The molecule has 31 heteroatoms. The average molecular weight is 1260 g/mol. The predicted molar refractivity (Wildman–Crippen MR) is 319 cm³/mol. The molecule has 0 radical (unpaired) electrons. The molecule has 15 N–H and O–H groups in total. The molecule has 12 amide bonds. The summed E-state index contributed by atoms with van der Waals surface area (Å²) >= 11 is 1.34. The van der Waals surface area contributed by atoms with Crippen molar-refractivity contribution in [2.45, 2.75) is 181 Å². The van der Waals surface area contributed by atoms with Gasteiger partial charge in [-0.05, 0) is 80.8 Å². The van der Waals surface area contributed by atoms with Crippen molar-refractivity contribution in [1.82, 2.24) is 58.1 Å². The summed E-state index contributed by atoms with van der Waals surface area (Å²) in [6.07, 6.45) is 0.176. The van der Waals surface area contributed by atoms with Gasteiger partial charge in [-0.2, -0.15) is 11.8 Å². The fourth-order valence-electron chi connectivity index (χ4n) is 9.09. The van der Waals surface area contributed by atoms with Crippen LogP contribution in [0.3, 0.4) is 0 Å². The van der Waals surface area contributed by atoms with Crippen LogP contribution < -0.4 is 58.9 Å². The number of carbonyl (C=O) groups excluding carboxylic acids is 13. The van der Waals surface area contributed by atoms with Gasteiger partial charge < -0.3 is 79.1 Å². The minimum absolute atomic E-state index is 0.0135. The summed E-state index contributed by atoms with van der Waals surface area (Å²) in [6.45, 7) is 12.4. The number of aliphatic carboxylic acids is 2. The van der Waals surface area contributed by atoms with Crippen LogP contribution in [0.25, 0.3) is 0 Å². The topological polar surface area (TPSA) is 466 Å². The number of Topliss-reactive ketones (excluding diaryl/α,β-unsaturated/α-hetero) is 1. The second-order valence-corrected chi connectivity index (χ2v) is 23.4. The zero-order valence-corrected chi connectivity index (χ0v) is 52.2. The van der Waals surface area contributed by atoms with Crippen LogP contribution in [-0.2, 0) is 78.3 Å². The number of nitrogens with two attached hydrogens (primary N) is 1. The minimum atomic E-state index is -1.59. The second kappa shape index (κ2) is 37.5. The third kappa shape index (κ3) is 25.2. The molecular formula is C57H88N12O18S. The van der Waals surface area contributed by atoms with E-state index in [9.17, 15) is 82.1 Å². The predicted octanol–water partition coefficient (Wildman–Crippen LogP) is -3.06. The van der Waals surface area contributed by atoms with Crippen LogP contribution in [-0.4, -0.2) is 201 Å². The number of nitrogens with one attached hydrogen (secondary N) is 10. The van der Waals surface area contributed by atoms with Crippen LogP contribution in [0.1, 0.15) is 118 Å². The Kier molecular flexibility index (Phi) is 32.3. The molecule has 10 atom stereocenters. The Morgan fingerprint density at radius 3 is 1.58 bits per heavy atom. The standard InChI is InChI=1S/C57H88N12O18S/c1-11-34(49(79)64-38(25-33-16-14-31(8)15-17-33)53(83)65-39(27-70)48(58)78)62-51(81)37(22-24-88-10)61-41(72)26-59-56(86)47(77)44(28(2)3)66-54(84)40-13-12-23-69(40)57(87)46(30(6)7)68-55(85)45(29(4)5)67-52(82)36(19-21-43(75)76)63-50(80)35(60-32(9)71)18-20-42(73)74/h14-17,28-30,34-40,44-46,70H,11-13,18-27H2,1-10H3,(H2,58,78)(H,59,86)(H,60,71)(H,61,72)(H,62,81)(H,63,80)(H,64,79)(H,65,83)(H,66,84)(H,67,82)(H,68,85)(H,73,74)(H,75,76)/t34-,35-,36-,37+,38-,39-,40-,44-,45-,46-/m0/s1. The van der Waals surface area contributed by atoms with E-state index in [1.807, 2.05) is 6.92 Å². The first kappa shape index (κ1) is 75.9. The smallest absolute Gasteiger partial charge is 0.303 e. The normalized spacial score (nSPS) is 15.9. The molecule has 1 aromatic rings.